The highest BCUT2D eigenvalue weighted by Crippen LogP contribution is 2.40. The molecule has 4 atom stereocenters. The molecule has 0 aromatic carbocycles. The van der Waals surface area contributed by atoms with Crippen LogP contribution in [0.2, 0.25) is 0 Å². The van der Waals surface area contributed by atoms with E-state index in [1.54, 1.807) is 0 Å². The van der Waals surface area contributed by atoms with Gasteiger partial charge in [-0.15, -0.1) is 0 Å². The fourth-order valence-corrected chi connectivity index (χ4v) is 4.26. The standard InChI is InChI=1S/C17H27N6O6P.2C2H6.2CH4O/c1-9-6-11(8-28-30(27-5)19-7-12(24)25-3)29-16(9)23-10(2)20-13-14(23)21-17(18)22-15(13)26-4;4*1-2/h9,11,16,19H,6-8H2,1-5H3,(H2,18,21,22);2*1-2H3;2*2H,1H3/t9-,11-,16?,30?;;;;/m0..../s1. The molecule has 0 saturated carbocycles. The number of anilines is 1. The number of aryl methyl sites for hydroxylation is 1. The minimum Gasteiger partial charge on any atom is -0.479 e. The number of aliphatic hydroxyl groups is 2. The lowest BCUT2D eigenvalue weighted by molar-refractivity contribution is -0.139. The number of hydrogen-bond donors (Lipinski definition) is 4. The van der Waals surface area contributed by atoms with Crippen LogP contribution >= 0.6 is 8.53 Å². The topological polar surface area (TPSA) is 185 Å². The second kappa shape index (κ2) is 21.7. The van der Waals surface area contributed by atoms with E-state index in [4.69, 9.17) is 34.5 Å². The molecule has 0 bridgehead atoms. The lowest BCUT2D eigenvalue weighted by atomic mass is 10.1. The number of fused-ring (bicyclic) bond motifs is 1. The maximum absolute atomic E-state index is 11.3. The number of ether oxygens (including phenoxy) is 3. The van der Waals surface area contributed by atoms with Crippen LogP contribution in [0.1, 0.15) is 53.1 Å². The number of aliphatic hydroxyl groups excluding tert-OH is 2. The van der Waals surface area contributed by atoms with Crippen LogP contribution in [0, 0.1) is 12.8 Å². The van der Waals surface area contributed by atoms with E-state index >= 15 is 0 Å². The summed E-state index contributed by atoms with van der Waals surface area (Å²) in [6, 6.07) is 0. The third kappa shape index (κ3) is 10.9. The molecular formula is C23H47N6O8P. The summed E-state index contributed by atoms with van der Waals surface area (Å²) in [7, 11) is 4.91. The molecule has 1 saturated heterocycles. The van der Waals surface area contributed by atoms with Crippen molar-refractivity contribution in [1.82, 2.24) is 24.6 Å². The first-order valence-corrected chi connectivity index (χ1v) is 13.4. The van der Waals surface area contributed by atoms with Crippen molar-refractivity contribution >= 4 is 31.6 Å². The minimum atomic E-state index is -1.44. The van der Waals surface area contributed by atoms with E-state index in [1.807, 2.05) is 39.2 Å². The maximum atomic E-state index is 11.3. The lowest BCUT2D eigenvalue weighted by Gasteiger charge is -2.20. The molecule has 0 radical (unpaired) electrons. The van der Waals surface area contributed by atoms with Gasteiger partial charge < -0.3 is 39.2 Å². The molecular weight excluding hydrogens is 519 g/mol. The van der Waals surface area contributed by atoms with Crippen LogP contribution in [0.3, 0.4) is 0 Å². The molecule has 5 N–H and O–H groups in total. The highest BCUT2D eigenvalue weighted by atomic mass is 31.2. The number of aromatic nitrogens is 4. The summed E-state index contributed by atoms with van der Waals surface area (Å²) >= 11 is 0. The van der Waals surface area contributed by atoms with E-state index in [0.29, 0.717) is 23.7 Å². The van der Waals surface area contributed by atoms with E-state index < -0.39 is 14.5 Å². The number of nitrogens with zero attached hydrogens (tertiary/aromatic N) is 4. The number of nitrogen functional groups attached to an aromatic ring is 1. The zero-order chi connectivity index (χ0) is 29.8. The van der Waals surface area contributed by atoms with E-state index in [-0.39, 0.29) is 30.7 Å². The molecule has 1 aliphatic heterocycles. The first-order chi connectivity index (χ1) is 18.4. The number of carbonyl (C=O) groups excluding carboxylic acids is 1. The van der Waals surface area contributed by atoms with Gasteiger partial charge in [-0.3, -0.25) is 9.36 Å². The largest absolute Gasteiger partial charge is 0.479 e. The average molecular weight is 567 g/mol. The van der Waals surface area contributed by atoms with Crippen LogP contribution in [-0.4, -0.2) is 90.5 Å². The molecule has 3 rings (SSSR count). The predicted molar refractivity (Wildman–Crippen MR) is 148 cm³/mol. The van der Waals surface area contributed by atoms with E-state index in [1.165, 1.54) is 21.3 Å². The van der Waals surface area contributed by atoms with Gasteiger partial charge in [0.15, 0.2) is 11.2 Å². The fourth-order valence-electron chi connectivity index (χ4n) is 3.38. The number of esters is 1. The third-order valence-electron chi connectivity index (χ3n) is 4.73. The van der Waals surface area contributed by atoms with Gasteiger partial charge in [0, 0.05) is 27.2 Å². The Kier molecular flexibility index (Phi) is 21.7. The molecule has 2 aromatic heterocycles. The number of hydrogen-bond acceptors (Lipinski definition) is 13. The molecule has 14 nitrogen and oxygen atoms in total. The van der Waals surface area contributed by atoms with Gasteiger partial charge in [-0.1, -0.05) is 34.6 Å². The Balaban J connectivity index is 0. The van der Waals surface area contributed by atoms with Gasteiger partial charge in [0.05, 0.1) is 26.9 Å². The van der Waals surface area contributed by atoms with Gasteiger partial charge in [-0.25, -0.2) is 10.1 Å². The summed E-state index contributed by atoms with van der Waals surface area (Å²) in [6.07, 6.45) is 0.313. The molecule has 2 unspecified atom stereocenters. The van der Waals surface area contributed by atoms with Crippen LogP contribution in [-0.2, 0) is 23.3 Å². The van der Waals surface area contributed by atoms with Crippen molar-refractivity contribution in [2.24, 2.45) is 5.92 Å². The first-order valence-electron chi connectivity index (χ1n) is 12.3. The number of rotatable bonds is 9. The predicted octanol–water partition coefficient (Wildman–Crippen LogP) is 2.57. The van der Waals surface area contributed by atoms with E-state index in [9.17, 15) is 4.79 Å². The minimum absolute atomic E-state index is 0.00375. The number of nitrogens with one attached hydrogen (secondary N) is 1. The Morgan fingerprint density at radius 3 is 2.26 bits per heavy atom. The molecule has 0 aliphatic carbocycles. The van der Waals surface area contributed by atoms with E-state index in [0.717, 1.165) is 26.5 Å². The Hall–Kier alpha value is -2.19. The molecule has 0 amide bonds. The van der Waals surface area contributed by atoms with Crippen molar-refractivity contribution in [2.75, 3.05) is 54.4 Å². The SMILES string of the molecule is CC.CC.CO.CO.COC(=O)CNP(OC)OC[C@@H]1C[C@H](C)C(n2c(C)nc3c(OC)nc(N)nc32)O1. The summed E-state index contributed by atoms with van der Waals surface area (Å²) in [5.41, 5.74) is 6.94. The molecule has 3 heterocycles. The smallest absolute Gasteiger partial charge is 0.320 e. The van der Waals surface area contributed by atoms with Gasteiger partial charge in [-0.05, 0) is 13.3 Å². The molecule has 0 spiro atoms. The summed E-state index contributed by atoms with van der Waals surface area (Å²) in [6.45, 7) is 12.3. The van der Waals surface area contributed by atoms with Gasteiger partial charge in [0.2, 0.25) is 11.8 Å². The second-order valence-corrected chi connectivity index (χ2v) is 8.25. The van der Waals surface area contributed by atoms with Crippen molar-refractivity contribution in [3.8, 4) is 5.88 Å². The molecule has 2 aromatic rings. The van der Waals surface area contributed by atoms with Gasteiger partial charge in [0.1, 0.15) is 18.6 Å². The van der Waals surface area contributed by atoms with Gasteiger partial charge in [0.25, 0.3) is 8.53 Å². The van der Waals surface area contributed by atoms with Crippen LogP contribution in [0.5, 0.6) is 5.88 Å². The average Bonchev–Trinajstić information content (AvgIpc) is 3.49. The normalized spacial score (nSPS) is 18.3. The highest BCUT2D eigenvalue weighted by Gasteiger charge is 2.36. The van der Waals surface area contributed by atoms with Crippen molar-refractivity contribution in [3.05, 3.63) is 5.82 Å². The zero-order valence-corrected chi connectivity index (χ0v) is 25.4. The van der Waals surface area contributed by atoms with Gasteiger partial charge in [-0.2, -0.15) is 9.97 Å². The maximum Gasteiger partial charge on any atom is 0.320 e. The monoisotopic (exact) mass is 566 g/mol. The number of imidazole rings is 1. The van der Waals surface area contributed by atoms with Crippen LogP contribution in [0.15, 0.2) is 0 Å². The lowest BCUT2D eigenvalue weighted by Crippen LogP contribution is -2.23. The number of methoxy groups -OCH3 is 2. The quantitative estimate of drug-likeness (QED) is 0.257. The summed E-state index contributed by atoms with van der Waals surface area (Å²) < 4.78 is 29.1. The zero-order valence-electron chi connectivity index (χ0n) is 24.5. The molecule has 1 aliphatic rings. The summed E-state index contributed by atoms with van der Waals surface area (Å²) in [4.78, 5) is 24.2. The van der Waals surface area contributed by atoms with Crippen molar-refractivity contribution in [3.63, 3.8) is 0 Å². The van der Waals surface area contributed by atoms with Gasteiger partial charge >= 0.3 is 5.97 Å². The summed E-state index contributed by atoms with van der Waals surface area (Å²) in [5, 5.41) is 16.9. The van der Waals surface area contributed by atoms with Crippen molar-refractivity contribution in [1.29, 1.82) is 0 Å². The molecule has 222 valence electrons. The van der Waals surface area contributed by atoms with E-state index in [2.05, 4.69) is 31.7 Å². The highest BCUT2D eigenvalue weighted by molar-refractivity contribution is 7.44. The van der Waals surface area contributed by atoms with Crippen LogP contribution < -0.4 is 15.6 Å². The Morgan fingerprint density at radius 2 is 1.74 bits per heavy atom. The first kappa shape index (κ1) is 38.0. The Labute approximate surface area is 227 Å². The number of nitrogens with two attached hydrogens (primary N) is 1. The Bertz CT molecular complexity index is 904. The Morgan fingerprint density at radius 1 is 1.13 bits per heavy atom. The fraction of sp³-hybridized carbons (Fsp3) is 0.739. The molecule has 1 fully saturated rings. The summed E-state index contributed by atoms with van der Waals surface area (Å²) in [5.74, 6) is 0.933. The second-order valence-electron chi connectivity index (χ2n) is 6.80. The third-order valence-corrected chi connectivity index (χ3v) is 5.86. The van der Waals surface area contributed by atoms with Crippen molar-refractivity contribution < 1.29 is 38.3 Å². The molecule has 15 heteroatoms. The number of carbonyl (C=O) groups is 1. The molecule has 38 heavy (non-hydrogen) atoms. The van der Waals surface area contributed by atoms with Crippen LogP contribution in [0.25, 0.3) is 11.2 Å². The van der Waals surface area contributed by atoms with Crippen LogP contribution in [0.4, 0.5) is 5.95 Å². The van der Waals surface area contributed by atoms with Crippen molar-refractivity contribution in [2.45, 2.75) is 60.3 Å².